The quantitative estimate of drug-likeness (QED) is 0.746. The molecule has 1 aromatic rings. The van der Waals surface area contributed by atoms with Crippen LogP contribution in [0, 0.1) is 0 Å². The molecule has 0 radical (unpaired) electrons. The fourth-order valence-electron chi connectivity index (χ4n) is 2.38. The maximum atomic E-state index is 11.7. The number of nitrogens with zero attached hydrogens (tertiary/aromatic N) is 1. The van der Waals surface area contributed by atoms with Crippen LogP contribution in [0.4, 0.5) is 0 Å². The first kappa shape index (κ1) is 14.0. The summed E-state index contributed by atoms with van der Waals surface area (Å²) in [7, 11) is 0. The molecule has 1 aliphatic heterocycles. The van der Waals surface area contributed by atoms with Gasteiger partial charge in [0.2, 0.25) is 5.91 Å². The van der Waals surface area contributed by atoms with Crippen LogP contribution >= 0.6 is 0 Å². The first-order chi connectivity index (χ1) is 9.24. The van der Waals surface area contributed by atoms with Crippen molar-refractivity contribution in [3.05, 3.63) is 35.9 Å². The van der Waals surface area contributed by atoms with Crippen LogP contribution < -0.4 is 5.32 Å². The number of carbonyl (C=O) groups excluding carboxylic acids is 1. The summed E-state index contributed by atoms with van der Waals surface area (Å²) in [5.74, 6) is 0.0576. The summed E-state index contributed by atoms with van der Waals surface area (Å²) in [6.07, 6.45) is 2.47. The van der Waals surface area contributed by atoms with Crippen molar-refractivity contribution in [2.75, 3.05) is 26.2 Å². The second-order valence-electron chi connectivity index (χ2n) is 5.12. The number of β-amino-alcohol motifs (C(OH)–C–C–N with tert-alkyl or cyclic N) is 1. The molecule has 0 aromatic heterocycles. The van der Waals surface area contributed by atoms with E-state index >= 15 is 0 Å². The predicted molar refractivity (Wildman–Crippen MR) is 74.8 cm³/mol. The van der Waals surface area contributed by atoms with Gasteiger partial charge in [0.05, 0.1) is 12.6 Å². The lowest BCUT2D eigenvalue weighted by Crippen LogP contribution is -2.36. The zero-order valence-electron chi connectivity index (χ0n) is 11.2. The highest BCUT2D eigenvalue weighted by Crippen LogP contribution is 2.07. The van der Waals surface area contributed by atoms with Crippen LogP contribution in [0.5, 0.6) is 0 Å². The van der Waals surface area contributed by atoms with Gasteiger partial charge in [-0.25, -0.2) is 0 Å². The molecule has 104 valence electrons. The topological polar surface area (TPSA) is 52.6 Å². The van der Waals surface area contributed by atoms with E-state index in [2.05, 4.69) is 17.4 Å². The summed E-state index contributed by atoms with van der Waals surface area (Å²) in [4.78, 5) is 13.7. The lowest BCUT2D eigenvalue weighted by Gasteiger charge is -2.14. The van der Waals surface area contributed by atoms with Gasteiger partial charge >= 0.3 is 0 Å². The van der Waals surface area contributed by atoms with Crippen molar-refractivity contribution in [2.45, 2.75) is 25.4 Å². The van der Waals surface area contributed by atoms with Crippen LogP contribution in [0.15, 0.2) is 30.3 Å². The number of amides is 1. The van der Waals surface area contributed by atoms with Gasteiger partial charge in [0.25, 0.3) is 0 Å². The molecule has 1 aromatic carbocycles. The Balaban J connectivity index is 1.57. The number of aliphatic hydroxyl groups excluding tert-OH is 1. The van der Waals surface area contributed by atoms with Gasteiger partial charge in [0.1, 0.15) is 0 Å². The highest BCUT2D eigenvalue weighted by Gasteiger charge is 2.21. The van der Waals surface area contributed by atoms with E-state index in [1.54, 1.807) is 0 Å². The van der Waals surface area contributed by atoms with Gasteiger partial charge in [0, 0.05) is 19.6 Å². The van der Waals surface area contributed by atoms with E-state index < -0.39 is 0 Å². The molecule has 0 aliphatic carbocycles. The molecule has 2 N–H and O–H groups in total. The maximum absolute atomic E-state index is 11.7. The minimum Gasteiger partial charge on any atom is -0.392 e. The molecular formula is C15H22N2O2. The Labute approximate surface area is 114 Å². The Morgan fingerprint density at radius 2 is 2.16 bits per heavy atom. The van der Waals surface area contributed by atoms with Crippen LogP contribution in [0.1, 0.15) is 18.4 Å². The summed E-state index contributed by atoms with van der Waals surface area (Å²) in [5.41, 5.74) is 1.31. The van der Waals surface area contributed by atoms with E-state index in [1.165, 1.54) is 5.56 Å². The lowest BCUT2D eigenvalue weighted by atomic mass is 10.1. The molecule has 2 rings (SSSR count). The fraction of sp³-hybridized carbons (Fsp3) is 0.533. The van der Waals surface area contributed by atoms with E-state index in [-0.39, 0.29) is 12.0 Å². The number of hydrogen-bond donors (Lipinski definition) is 2. The van der Waals surface area contributed by atoms with E-state index in [0.29, 0.717) is 19.6 Å². The van der Waals surface area contributed by atoms with Crippen LogP contribution in [0.25, 0.3) is 0 Å². The second kappa shape index (κ2) is 7.26. The highest BCUT2D eigenvalue weighted by atomic mass is 16.3. The van der Waals surface area contributed by atoms with E-state index in [0.717, 1.165) is 25.8 Å². The summed E-state index contributed by atoms with van der Waals surface area (Å²) >= 11 is 0. The smallest absolute Gasteiger partial charge is 0.234 e. The molecule has 1 saturated heterocycles. The number of aryl methyl sites for hydroxylation is 1. The Bertz CT molecular complexity index is 394. The Kier molecular flexibility index (Phi) is 5.36. The average Bonchev–Trinajstić information content (AvgIpc) is 2.81. The van der Waals surface area contributed by atoms with Crippen molar-refractivity contribution < 1.29 is 9.90 Å². The lowest BCUT2D eigenvalue weighted by molar-refractivity contribution is -0.122. The number of benzene rings is 1. The average molecular weight is 262 g/mol. The molecule has 0 bridgehead atoms. The number of hydrogen-bond acceptors (Lipinski definition) is 3. The molecule has 4 nitrogen and oxygen atoms in total. The van der Waals surface area contributed by atoms with Crippen LogP contribution in [0.2, 0.25) is 0 Å². The SMILES string of the molecule is O=C(CN1CC[C@H](O)C1)NCCCc1ccccc1. The van der Waals surface area contributed by atoms with Gasteiger partial charge < -0.3 is 10.4 Å². The monoisotopic (exact) mass is 262 g/mol. The third-order valence-corrected chi connectivity index (χ3v) is 3.42. The number of rotatable bonds is 6. The van der Waals surface area contributed by atoms with Crippen LogP contribution in [-0.2, 0) is 11.2 Å². The summed E-state index contributed by atoms with van der Waals surface area (Å²) < 4.78 is 0. The van der Waals surface area contributed by atoms with Crippen LogP contribution in [0.3, 0.4) is 0 Å². The zero-order chi connectivity index (χ0) is 13.5. The Hall–Kier alpha value is -1.39. The normalized spacial score (nSPS) is 19.5. The summed E-state index contributed by atoms with van der Waals surface area (Å²) in [6, 6.07) is 10.3. The Morgan fingerprint density at radius 3 is 2.84 bits per heavy atom. The Morgan fingerprint density at radius 1 is 1.37 bits per heavy atom. The highest BCUT2D eigenvalue weighted by molar-refractivity contribution is 5.78. The molecule has 1 aliphatic rings. The van der Waals surface area contributed by atoms with Crippen molar-refractivity contribution in [1.82, 2.24) is 10.2 Å². The largest absolute Gasteiger partial charge is 0.392 e. The first-order valence-electron chi connectivity index (χ1n) is 6.95. The van der Waals surface area contributed by atoms with Gasteiger partial charge in [-0.05, 0) is 24.8 Å². The van der Waals surface area contributed by atoms with Crippen molar-refractivity contribution >= 4 is 5.91 Å². The fourth-order valence-corrected chi connectivity index (χ4v) is 2.38. The molecule has 1 amide bonds. The van der Waals surface area contributed by atoms with Crippen molar-refractivity contribution in [3.8, 4) is 0 Å². The summed E-state index contributed by atoms with van der Waals surface area (Å²) in [6.45, 7) is 2.56. The summed E-state index contributed by atoms with van der Waals surface area (Å²) in [5, 5.41) is 12.3. The van der Waals surface area contributed by atoms with Crippen LogP contribution in [-0.4, -0.2) is 48.2 Å². The second-order valence-corrected chi connectivity index (χ2v) is 5.12. The molecular weight excluding hydrogens is 240 g/mol. The number of nitrogens with one attached hydrogen (secondary N) is 1. The molecule has 1 fully saturated rings. The third-order valence-electron chi connectivity index (χ3n) is 3.42. The molecule has 0 unspecified atom stereocenters. The zero-order valence-corrected chi connectivity index (χ0v) is 11.2. The third kappa shape index (κ3) is 5.01. The molecule has 1 atom stereocenters. The molecule has 4 heteroatoms. The minimum absolute atomic E-state index is 0.0576. The van der Waals surface area contributed by atoms with Gasteiger partial charge in [-0.15, -0.1) is 0 Å². The van der Waals surface area contributed by atoms with Crippen molar-refractivity contribution in [3.63, 3.8) is 0 Å². The van der Waals surface area contributed by atoms with Gasteiger partial charge in [-0.3, -0.25) is 9.69 Å². The van der Waals surface area contributed by atoms with E-state index in [4.69, 9.17) is 0 Å². The van der Waals surface area contributed by atoms with Gasteiger partial charge in [-0.1, -0.05) is 30.3 Å². The minimum atomic E-state index is -0.258. The molecule has 1 heterocycles. The molecule has 0 spiro atoms. The number of aliphatic hydroxyl groups is 1. The van der Waals surface area contributed by atoms with E-state index in [9.17, 15) is 9.90 Å². The number of carbonyl (C=O) groups is 1. The van der Waals surface area contributed by atoms with Gasteiger partial charge in [0.15, 0.2) is 0 Å². The molecule has 19 heavy (non-hydrogen) atoms. The van der Waals surface area contributed by atoms with Crippen molar-refractivity contribution in [2.24, 2.45) is 0 Å². The molecule has 0 saturated carbocycles. The van der Waals surface area contributed by atoms with E-state index in [1.807, 2.05) is 23.1 Å². The van der Waals surface area contributed by atoms with Crippen molar-refractivity contribution in [1.29, 1.82) is 0 Å². The van der Waals surface area contributed by atoms with Gasteiger partial charge in [-0.2, -0.15) is 0 Å². The standard InChI is InChI=1S/C15H22N2O2/c18-14-8-10-17(11-14)12-15(19)16-9-4-7-13-5-2-1-3-6-13/h1-3,5-6,14,18H,4,7-12H2,(H,16,19)/t14-/m0/s1. The maximum Gasteiger partial charge on any atom is 0.234 e. The first-order valence-corrected chi connectivity index (χ1v) is 6.95. The predicted octanol–water partition coefficient (Wildman–Crippen LogP) is 0.802. The number of likely N-dealkylation sites (tertiary alicyclic amines) is 1.